The van der Waals surface area contributed by atoms with E-state index in [0.29, 0.717) is 5.65 Å². The minimum atomic E-state index is 0.0216. The summed E-state index contributed by atoms with van der Waals surface area (Å²) in [5.41, 5.74) is 4.81. The Labute approximate surface area is 113 Å². The van der Waals surface area contributed by atoms with Gasteiger partial charge in [-0.25, -0.2) is 9.66 Å². The summed E-state index contributed by atoms with van der Waals surface area (Å²) in [6, 6.07) is 6.09. The molecule has 4 nitrogen and oxygen atoms in total. The molecule has 2 heterocycles. The Morgan fingerprint density at radius 2 is 2.21 bits per heavy atom. The van der Waals surface area contributed by atoms with Gasteiger partial charge in [0.15, 0.2) is 5.65 Å². The van der Waals surface area contributed by atoms with Crippen molar-refractivity contribution < 1.29 is 0 Å². The standard InChI is InChI=1S/C15H21N3O/c1-4-7-13-10-12-8-6-9-16-14(12)18(15(13)19)17-11(3)5-2/h6,8-11,17H,4-5,7H2,1-3H3. The Balaban J connectivity index is 2.62. The predicted molar refractivity (Wildman–Crippen MR) is 79.1 cm³/mol. The summed E-state index contributed by atoms with van der Waals surface area (Å²) in [5.74, 6) is 0. The third-order valence-electron chi connectivity index (χ3n) is 3.32. The average molecular weight is 259 g/mol. The van der Waals surface area contributed by atoms with Crippen LogP contribution in [0, 0.1) is 0 Å². The zero-order chi connectivity index (χ0) is 13.8. The topological polar surface area (TPSA) is 46.9 Å². The third kappa shape index (κ3) is 2.78. The lowest BCUT2D eigenvalue weighted by molar-refractivity contribution is 0.656. The second-order valence-electron chi connectivity index (χ2n) is 4.91. The van der Waals surface area contributed by atoms with Gasteiger partial charge < -0.3 is 5.43 Å². The van der Waals surface area contributed by atoms with E-state index >= 15 is 0 Å². The molecule has 2 aromatic rings. The van der Waals surface area contributed by atoms with Gasteiger partial charge >= 0.3 is 0 Å². The van der Waals surface area contributed by atoms with Crippen molar-refractivity contribution in [2.24, 2.45) is 0 Å². The van der Waals surface area contributed by atoms with E-state index in [0.717, 1.165) is 30.2 Å². The highest BCUT2D eigenvalue weighted by Crippen LogP contribution is 2.11. The Hall–Kier alpha value is -1.84. The summed E-state index contributed by atoms with van der Waals surface area (Å²) in [6.07, 6.45) is 4.44. The first kappa shape index (κ1) is 13.6. The molecule has 0 aliphatic rings. The van der Waals surface area contributed by atoms with E-state index in [1.54, 1.807) is 10.9 Å². The van der Waals surface area contributed by atoms with Crippen molar-refractivity contribution in [2.75, 3.05) is 5.43 Å². The van der Waals surface area contributed by atoms with E-state index in [2.05, 4.69) is 31.2 Å². The molecule has 0 aliphatic carbocycles. The molecule has 0 fully saturated rings. The molecule has 0 saturated heterocycles. The van der Waals surface area contributed by atoms with Crippen molar-refractivity contribution in [2.45, 2.75) is 46.1 Å². The molecule has 0 radical (unpaired) electrons. The Kier molecular flexibility index (Phi) is 4.20. The Morgan fingerprint density at radius 1 is 1.42 bits per heavy atom. The Morgan fingerprint density at radius 3 is 2.89 bits per heavy atom. The van der Waals surface area contributed by atoms with E-state index < -0.39 is 0 Å². The highest BCUT2D eigenvalue weighted by molar-refractivity contribution is 5.75. The summed E-state index contributed by atoms with van der Waals surface area (Å²) in [7, 11) is 0. The molecule has 1 unspecified atom stereocenters. The molecule has 0 aromatic carbocycles. The van der Waals surface area contributed by atoms with Gasteiger partial charge in [-0.05, 0) is 38.0 Å². The molecule has 1 N–H and O–H groups in total. The third-order valence-corrected chi connectivity index (χ3v) is 3.32. The first-order chi connectivity index (χ1) is 9.17. The summed E-state index contributed by atoms with van der Waals surface area (Å²) in [4.78, 5) is 16.8. The number of hydrogen-bond donors (Lipinski definition) is 1. The summed E-state index contributed by atoms with van der Waals surface area (Å²) in [6.45, 7) is 6.24. The zero-order valence-corrected chi connectivity index (χ0v) is 11.8. The van der Waals surface area contributed by atoms with Gasteiger partial charge in [-0.1, -0.05) is 20.3 Å². The minimum absolute atomic E-state index is 0.0216. The van der Waals surface area contributed by atoms with Crippen LogP contribution in [-0.4, -0.2) is 15.7 Å². The first-order valence-electron chi connectivity index (χ1n) is 6.93. The quantitative estimate of drug-likeness (QED) is 0.898. The average Bonchev–Trinajstić information content (AvgIpc) is 2.43. The van der Waals surface area contributed by atoms with Crippen molar-refractivity contribution in [1.29, 1.82) is 0 Å². The van der Waals surface area contributed by atoms with Crippen molar-refractivity contribution in [1.82, 2.24) is 9.66 Å². The van der Waals surface area contributed by atoms with E-state index in [9.17, 15) is 4.79 Å². The van der Waals surface area contributed by atoms with Crippen molar-refractivity contribution >= 4 is 11.0 Å². The van der Waals surface area contributed by atoms with Crippen LogP contribution in [-0.2, 0) is 6.42 Å². The maximum absolute atomic E-state index is 12.5. The maximum atomic E-state index is 12.5. The number of hydrogen-bond acceptors (Lipinski definition) is 3. The smallest absolute Gasteiger partial charge is 0.274 e. The summed E-state index contributed by atoms with van der Waals surface area (Å²) >= 11 is 0. The minimum Gasteiger partial charge on any atom is -0.318 e. The maximum Gasteiger partial charge on any atom is 0.274 e. The van der Waals surface area contributed by atoms with Gasteiger partial charge in [-0.15, -0.1) is 0 Å². The second-order valence-corrected chi connectivity index (χ2v) is 4.91. The number of rotatable bonds is 5. The highest BCUT2D eigenvalue weighted by atomic mass is 16.1. The number of nitrogens with one attached hydrogen (secondary N) is 1. The van der Waals surface area contributed by atoms with Gasteiger partial charge in [0.2, 0.25) is 0 Å². The summed E-state index contributed by atoms with van der Waals surface area (Å²) in [5, 5.41) is 1.00. The van der Waals surface area contributed by atoms with Gasteiger partial charge in [0.1, 0.15) is 0 Å². The molecule has 2 aromatic heterocycles. The van der Waals surface area contributed by atoms with Gasteiger partial charge in [0.25, 0.3) is 5.56 Å². The van der Waals surface area contributed by atoms with Gasteiger partial charge in [-0.2, -0.15) is 0 Å². The molecule has 0 spiro atoms. The van der Waals surface area contributed by atoms with Crippen LogP contribution < -0.4 is 11.0 Å². The molecular weight excluding hydrogens is 238 g/mol. The number of aromatic nitrogens is 2. The van der Waals surface area contributed by atoms with Crippen LogP contribution in [0.3, 0.4) is 0 Å². The lowest BCUT2D eigenvalue weighted by Crippen LogP contribution is -2.36. The molecular formula is C15H21N3O. The van der Waals surface area contributed by atoms with Crippen LogP contribution in [0.25, 0.3) is 11.0 Å². The van der Waals surface area contributed by atoms with E-state index in [4.69, 9.17) is 0 Å². The number of nitrogens with zero attached hydrogens (tertiary/aromatic N) is 2. The first-order valence-corrected chi connectivity index (χ1v) is 6.93. The van der Waals surface area contributed by atoms with Gasteiger partial charge in [-0.3, -0.25) is 4.79 Å². The fraction of sp³-hybridized carbons (Fsp3) is 0.467. The molecule has 102 valence electrons. The van der Waals surface area contributed by atoms with Crippen LogP contribution in [0.5, 0.6) is 0 Å². The molecule has 0 saturated carbocycles. The monoisotopic (exact) mass is 259 g/mol. The van der Waals surface area contributed by atoms with Crippen molar-refractivity contribution in [3.8, 4) is 0 Å². The largest absolute Gasteiger partial charge is 0.318 e. The van der Waals surface area contributed by atoms with Crippen LogP contribution in [0.2, 0.25) is 0 Å². The van der Waals surface area contributed by atoms with Gasteiger partial charge in [0.05, 0.1) is 0 Å². The molecule has 0 bridgehead atoms. The van der Waals surface area contributed by atoms with Crippen LogP contribution in [0.4, 0.5) is 0 Å². The van der Waals surface area contributed by atoms with E-state index in [1.807, 2.05) is 18.2 Å². The number of pyridine rings is 2. The highest BCUT2D eigenvalue weighted by Gasteiger charge is 2.10. The molecule has 0 aliphatic heterocycles. The van der Waals surface area contributed by atoms with E-state index in [-0.39, 0.29) is 11.6 Å². The SMILES string of the molecule is CCCc1cc2cccnc2n(NC(C)CC)c1=O. The Bertz CT molecular complexity index is 618. The van der Waals surface area contributed by atoms with Crippen molar-refractivity contribution in [3.63, 3.8) is 0 Å². The normalized spacial score (nSPS) is 12.6. The van der Waals surface area contributed by atoms with E-state index in [1.165, 1.54) is 0 Å². The number of aryl methyl sites for hydroxylation is 1. The molecule has 19 heavy (non-hydrogen) atoms. The van der Waals surface area contributed by atoms with Crippen molar-refractivity contribution in [3.05, 3.63) is 40.3 Å². The molecule has 1 atom stereocenters. The molecule has 2 rings (SSSR count). The lowest BCUT2D eigenvalue weighted by atomic mass is 10.1. The zero-order valence-electron chi connectivity index (χ0n) is 11.8. The number of fused-ring (bicyclic) bond motifs is 1. The second kappa shape index (κ2) is 5.87. The molecule has 4 heteroatoms. The summed E-state index contributed by atoms with van der Waals surface area (Å²) < 4.78 is 1.61. The van der Waals surface area contributed by atoms with Crippen LogP contribution >= 0.6 is 0 Å². The fourth-order valence-electron chi connectivity index (χ4n) is 2.08. The van der Waals surface area contributed by atoms with Crippen LogP contribution in [0.1, 0.15) is 39.2 Å². The molecule has 0 amide bonds. The fourth-order valence-corrected chi connectivity index (χ4v) is 2.08. The lowest BCUT2D eigenvalue weighted by Gasteiger charge is -2.18. The predicted octanol–water partition coefficient (Wildman–Crippen LogP) is 2.69. The van der Waals surface area contributed by atoms with Gasteiger partial charge in [0, 0.05) is 23.2 Å². The van der Waals surface area contributed by atoms with Crippen LogP contribution in [0.15, 0.2) is 29.2 Å².